The van der Waals surface area contributed by atoms with Crippen LogP contribution in [-0.2, 0) is 35.3 Å². The normalized spacial score (nSPS) is 15.4. The van der Waals surface area contributed by atoms with Crippen LogP contribution < -0.4 is 5.32 Å². The van der Waals surface area contributed by atoms with Crippen LogP contribution in [0, 0.1) is 11.3 Å². The van der Waals surface area contributed by atoms with Crippen LogP contribution in [0.25, 0.3) is 10.9 Å². The Morgan fingerprint density at radius 3 is 2.88 bits per heavy atom. The zero-order valence-corrected chi connectivity index (χ0v) is 19.3. The molecule has 1 aromatic carbocycles. The molecule has 0 saturated heterocycles. The second-order valence-electron chi connectivity index (χ2n) is 8.57. The number of nitriles is 1. The Hall–Kier alpha value is -3.28. The standard InChI is InChI=1S/C25H24N4O3S/c1-29-11-10-20-18(13-29)23(16-7-2-4-8-19(16)27-20)25(31)32-14-22(30)28-24-17(12-26)15-6-3-5-9-21(15)33-24/h2,4,7-8H,3,5-6,9-11,13-14H2,1H3,(H,28,30). The summed E-state index contributed by atoms with van der Waals surface area (Å²) in [5.74, 6) is -0.968. The number of fused-ring (bicyclic) bond motifs is 3. The summed E-state index contributed by atoms with van der Waals surface area (Å²) < 4.78 is 5.47. The minimum Gasteiger partial charge on any atom is -0.452 e. The molecule has 1 amide bonds. The maximum atomic E-state index is 13.2. The molecule has 1 aliphatic heterocycles. The van der Waals surface area contributed by atoms with Crippen molar-refractivity contribution in [3.05, 3.63) is 57.1 Å². The van der Waals surface area contributed by atoms with Gasteiger partial charge in [-0.1, -0.05) is 18.2 Å². The highest BCUT2D eigenvalue weighted by Gasteiger charge is 2.26. The quantitative estimate of drug-likeness (QED) is 0.595. The van der Waals surface area contributed by atoms with Gasteiger partial charge in [0.1, 0.15) is 11.1 Å². The van der Waals surface area contributed by atoms with Gasteiger partial charge < -0.3 is 15.0 Å². The fourth-order valence-electron chi connectivity index (χ4n) is 4.70. The van der Waals surface area contributed by atoms with E-state index in [1.807, 2.05) is 31.3 Å². The molecule has 1 N–H and O–H groups in total. The summed E-state index contributed by atoms with van der Waals surface area (Å²) in [5, 5.41) is 13.7. The molecule has 0 bridgehead atoms. The molecule has 1 aliphatic carbocycles. The van der Waals surface area contributed by atoms with Crippen molar-refractivity contribution in [3.63, 3.8) is 0 Å². The van der Waals surface area contributed by atoms with Crippen LogP contribution in [0.3, 0.4) is 0 Å². The monoisotopic (exact) mass is 460 g/mol. The molecule has 3 aromatic rings. The summed E-state index contributed by atoms with van der Waals surface area (Å²) >= 11 is 1.46. The van der Waals surface area contributed by atoms with E-state index in [9.17, 15) is 14.9 Å². The third kappa shape index (κ3) is 4.10. The van der Waals surface area contributed by atoms with Gasteiger partial charge in [-0.15, -0.1) is 11.3 Å². The van der Waals surface area contributed by atoms with Crippen LogP contribution in [0.15, 0.2) is 24.3 Å². The van der Waals surface area contributed by atoms with Crippen molar-refractivity contribution in [1.82, 2.24) is 9.88 Å². The van der Waals surface area contributed by atoms with Gasteiger partial charge in [-0.3, -0.25) is 9.78 Å². The van der Waals surface area contributed by atoms with Crippen molar-refractivity contribution < 1.29 is 14.3 Å². The average molecular weight is 461 g/mol. The van der Waals surface area contributed by atoms with E-state index in [1.165, 1.54) is 16.2 Å². The number of thiophene rings is 1. The molecule has 33 heavy (non-hydrogen) atoms. The Balaban J connectivity index is 1.36. The van der Waals surface area contributed by atoms with Crippen molar-refractivity contribution in [2.24, 2.45) is 0 Å². The fourth-order valence-corrected chi connectivity index (χ4v) is 5.95. The zero-order chi connectivity index (χ0) is 22.9. The molecule has 2 aliphatic rings. The van der Waals surface area contributed by atoms with E-state index in [4.69, 9.17) is 9.72 Å². The fraction of sp³-hybridized carbons (Fsp3) is 0.360. The van der Waals surface area contributed by atoms with Crippen molar-refractivity contribution in [3.8, 4) is 6.07 Å². The summed E-state index contributed by atoms with van der Waals surface area (Å²) in [7, 11) is 2.01. The third-order valence-corrected chi connectivity index (χ3v) is 7.52. The summed E-state index contributed by atoms with van der Waals surface area (Å²) in [6.07, 6.45) is 4.73. The van der Waals surface area contributed by atoms with Gasteiger partial charge in [0.25, 0.3) is 5.91 Å². The molecule has 5 rings (SSSR count). The minimum absolute atomic E-state index is 0.409. The van der Waals surface area contributed by atoms with E-state index in [0.29, 0.717) is 22.7 Å². The molecule has 0 saturated carbocycles. The van der Waals surface area contributed by atoms with Gasteiger partial charge in [0.2, 0.25) is 0 Å². The molecule has 3 heterocycles. The van der Waals surface area contributed by atoms with Gasteiger partial charge in [0, 0.05) is 41.0 Å². The predicted molar refractivity (Wildman–Crippen MR) is 126 cm³/mol. The first kappa shape index (κ1) is 21.6. The van der Waals surface area contributed by atoms with Crippen molar-refractivity contribution >= 4 is 39.1 Å². The maximum Gasteiger partial charge on any atom is 0.339 e. The van der Waals surface area contributed by atoms with Crippen LogP contribution >= 0.6 is 11.3 Å². The first-order valence-electron chi connectivity index (χ1n) is 11.2. The lowest BCUT2D eigenvalue weighted by Gasteiger charge is -2.26. The van der Waals surface area contributed by atoms with Crippen LogP contribution in [-0.4, -0.2) is 42.0 Å². The predicted octanol–water partition coefficient (Wildman–Crippen LogP) is 3.83. The van der Waals surface area contributed by atoms with Crippen LogP contribution in [0.1, 0.15) is 50.5 Å². The first-order chi connectivity index (χ1) is 16.0. The molecule has 2 aromatic heterocycles. The molecule has 168 valence electrons. The van der Waals surface area contributed by atoms with Crippen molar-refractivity contribution in [1.29, 1.82) is 5.26 Å². The highest BCUT2D eigenvalue weighted by atomic mass is 32.1. The molecular formula is C25H24N4O3S. The number of nitrogens with zero attached hydrogens (tertiary/aromatic N) is 3. The second kappa shape index (κ2) is 8.93. The maximum absolute atomic E-state index is 13.2. The summed E-state index contributed by atoms with van der Waals surface area (Å²) in [6, 6.07) is 9.75. The molecule has 0 unspecified atom stereocenters. The summed E-state index contributed by atoms with van der Waals surface area (Å²) in [5.41, 5.74) is 4.61. The van der Waals surface area contributed by atoms with Crippen LogP contribution in [0.2, 0.25) is 0 Å². The number of pyridine rings is 1. The number of carbonyl (C=O) groups is 2. The van der Waals surface area contributed by atoms with E-state index in [1.54, 1.807) is 0 Å². The molecule has 7 nitrogen and oxygen atoms in total. The Morgan fingerprint density at radius 2 is 2.03 bits per heavy atom. The Morgan fingerprint density at radius 1 is 1.21 bits per heavy atom. The van der Waals surface area contributed by atoms with Crippen molar-refractivity contribution in [2.75, 3.05) is 25.5 Å². The number of amides is 1. The number of benzene rings is 1. The van der Waals surface area contributed by atoms with Gasteiger partial charge in [0.05, 0.1) is 16.6 Å². The number of para-hydroxylation sites is 1. The number of hydrogen-bond donors (Lipinski definition) is 1. The van der Waals surface area contributed by atoms with Gasteiger partial charge in [0.15, 0.2) is 6.61 Å². The number of aryl methyl sites for hydroxylation is 1. The van der Waals surface area contributed by atoms with Gasteiger partial charge in [-0.25, -0.2) is 4.79 Å². The molecule has 0 atom stereocenters. The number of rotatable bonds is 4. The molecule has 0 radical (unpaired) electrons. The van der Waals surface area contributed by atoms with Crippen molar-refractivity contribution in [2.45, 2.75) is 38.6 Å². The van der Waals surface area contributed by atoms with Gasteiger partial charge >= 0.3 is 5.97 Å². The topological polar surface area (TPSA) is 95.3 Å². The number of carbonyl (C=O) groups excluding carboxylic acids is 2. The number of hydrogen-bond acceptors (Lipinski definition) is 7. The van der Waals surface area contributed by atoms with Gasteiger partial charge in [-0.2, -0.15) is 5.26 Å². The van der Waals surface area contributed by atoms with E-state index < -0.39 is 18.5 Å². The number of anilines is 1. The second-order valence-corrected chi connectivity index (χ2v) is 9.67. The number of likely N-dealkylation sites (N-methyl/N-ethyl adjacent to an activating group) is 1. The number of ether oxygens (including phenoxy) is 1. The van der Waals surface area contributed by atoms with Gasteiger partial charge in [-0.05, 0) is 44.4 Å². The third-order valence-electron chi connectivity index (χ3n) is 6.31. The number of esters is 1. The zero-order valence-electron chi connectivity index (χ0n) is 18.4. The molecular weight excluding hydrogens is 436 g/mol. The summed E-state index contributed by atoms with van der Waals surface area (Å²) in [4.78, 5) is 33.9. The van der Waals surface area contributed by atoms with E-state index >= 15 is 0 Å². The minimum atomic E-state index is -0.527. The van der Waals surface area contributed by atoms with E-state index in [0.717, 1.165) is 66.4 Å². The lowest BCUT2D eigenvalue weighted by molar-refractivity contribution is -0.119. The molecule has 0 fully saturated rings. The summed E-state index contributed by atoms with van der Waals surface area (Å²) in [6.45, 7) is 1.07. The SMILES string of the molecule is CN1CCc2nc3ccccc3c(C(=O)OCC(=O)Nc3sc4c(c3C#N)CCCC4)c2C1. The Labute approximate surface area is 196 Å². The Kier molecular flexibility index (Phi) is 5.83. The highest BCUT2D eigenvalue weighted by Crippen LogP contribution is 2.37. The average Bonchev–Trinajstić information content (AvgIpc) is 3.17. The van der Waals surface area contributed by atoms with E-state index in [2.05, 4.69) is 16.3 Å². The molecule has 8 heteroatoms. The van der Waals surface area contributed by atoms with Crippen LogP contribution in [0.4, 0.5) is 5.00 Å². The smallest absolute Gasteiger partial charge is 0.339 e. The first-order valence-corrected chi connectivity index (χ1v) is 12.0. The lowest BCUT2D eigenvalue weighted by atomic mass is 9.96. The van der Waals surface area contributed by atoms with E-state index in [-0.39, 0.29) is 0 Å². The largest absolute Gasteiger partial charge is 0.452 e. The highest BCUT2D eigenvalue weighted by molar-refractivity contribution is 7.16. The lowest BCUT2D eigenvalue weighted by Crippen LogP contribution is -2.30. The Bertz CT molecular complexity index is 1310. The molecule has 0 spiro atoms. The number of nitrogens with one attached hydrogen (secondary N) is 1. The van der Waals surface area contributed by atoms with Crippen LogP contribution in [0.5, 0.6) is 0 Å². The number of aromatic nitrogens is 1.